The summed E-state index contributed by atoms with van der Waals surface area (Å²) in [6.45, 7) is 0. The number of nitrogens with one attached hydrogen (secondary N) is 1. The first-order valence-corrected chi connectivity index (χ1v) is 9.23. The number of halogens is 3. The molecule has 2 aromatic carbocycles. The Bertz CT molecular complexity index is 921. The Morgan fingerprint density at radius 2 is 1.81 bits per heavy atom. The standard InChI is InChI=1S/C18H12Cl2FN3OS/c19-12-3-6-14(20)16(9-12)22-17(25)10-26-18-8-7-15(23-24-18)11-1-4-13(21)5-2-11/h1-9H,10H2,(H,22,25). The summed E-state index contributed by atoms with van der Waals surface area (Å²) in [6, 6.07) is 14.4. The average Bonchev–Trinajstić information content (AvgIpc) is 2.64. The van der Waals surface area contributed by atoms with E-state index in [0.29, 0.717) is 26.5 Å². The first-order valence-electron chi connectivity index (χ1n) is 7.48. The second-order valence-corrected chi connectivity index (χ2v) is 7.06. The van der Waals surface area contributed by atoms with Crippen LogP contribution in [0.4, 0.5) is 10.1 Å². The molecule has 0 unspecified atom stereocenters. The van der Waals surface area contributed by atoms with E-state index in [1.54, 1.807) is 42.5 Å². The van der Waals surface area contributed by atoms with Gasteiger partial charge in [0.2, 0.25) is 5.91 Å². The molecular formula is C18H12Cl2FN3OS. The van der Waals surface area contributed by atoms with E-state index in [-0.39, 0.29) is 17.5 Å². The van der Waals surface area contributed by atoms with Crippen LogP contribution in [0.2, 0.25) is 10.0 Å². The Labute approximate surface area is 163 Å². The van der Waals surface area contributed by atoms with Gasteiger partial charge < -0.3 is 5.32 Å². The number of carbonyl (C=O) groups excluding carboxylic acids is 1. The zero-order valence-electron chi connectivity index (χ0n) is 13.2. The molecule has 1 N–H and O–H groups in total. The number of thioether (sulfide) groups is 1. The molecule has 26 heavy (non-hydrogen) atoms. The van der Waals surface area contributed by atoms with Crippen LogP contribution in [0.5, 0.6) is 0 Å². The molecule has 0 atom stereocenters. The lowest BCUT2D eigenvalue weighted by Gasteiger charge is -2.07. The smallest absolute Gasteiger partial charge is 0.234 e. The molecule has 0 radical (unpaired) electrons. The van der Waals surface area contributed by atoms with Crippen LogP contribution in [0.3, 0.4) is 0 Å². The van der Waals surface area contributed by atoms with Gasteiger partial charge in [-0.1, -0.05) is 35.0 Å². The number of hydrogen-bond acceptors (Lipinski definition) is 4. The van der Waals surface area contributed by atoms with E-state index in [1.807, 2.05) is 0 Å². The van der Waals surface area contributed by atoms with Crippen LogP contribution in [0.15, 0.2) is 59.6 Å². The lowest BCUT2D eigenvalue weighted by atomic mass is 10.1. The van der Waals surface area contributed by atoms with Gasteiger partial charge in [-0.05, 0) is 54.6 Å². The predicted octanol–water partition coefficient (Wildman–Crippen LogP) is 5.32. The highest BCUT2D eigenvalue weighted by atomic mass is 35.5. The molecule has 0 aliphatic heterocycles. The highest BCUT2D eigenvalue weighted by molar-refractivity contribution is 7.99. The van der Waals surface area contributed by atoms with Gasteiger partial charge in [0.15, 0.2) is 0 Å². The number of anilines is 1. The van der Waals surface area contributed by atoms with Crippen LogP contribution in [-0.2, 0) is 4.79 Å². The first kappa shape index (κ1) is 18.6. The van der Waals surface area contributed by atoms with Gasteiger partial charge in [-0.3, -0.25) is 4.79 Å². The molecule has 8 heteroatoms. The van der Waals surface area contributed by atoms with Crippen molar-refractivity contribution in [3.05, 3.63) is 70.5 Å². The van der Waals surface area contributed by atoms with Gasteiger partial charge in [-0.2, -0.15) is 0 Å². The summed E-state index contributed by atoms with van der Waals surface area (Å²) in [5, 5.41) is 12.4. The zero-order chi connectivity index (χ0) is 18.5. The van der Waals surface area contributed by atoms with E-state index >= 15 is 0 Å². The minimum Gasteiger partial charge on any atom is -0.324 e. The fraction of sp³-hybridized carbons (Fsp3) is 0.0556. The molecule has 3 rings (SSSR count). The minimum atomic E-state index is -0.306. The normalized spacial score (nSPS) is 10.6. The Kier molecular flexibility index (Phi) is 6.08. The van der Waals surface area contributed by atoms with Crippen molar-refractivity contribution in [2.45, 2.75) is 5.03 Å². The molecule has 0 saturated carbocycles. The van der Waals surface area contributed by atoms with Crippen LogP contribution >= 0.6 is 35.0 Å². The topological polar surface area (TPSA) is 54.9 Å². The molecule has 0 spiro atoms. The number of nitrogens with zero attached hydrogens (tertiary/aromatic N) is 2. The average molecular weight is 408 g/mol. The van der Waals surface area contributed by atoms with Crippen molar-refractivity contribution in [1.82, 2.24) is 10.2 Å². The highest BCUT2D eigenvalue weighted by Gasteiger charge is 2.09. The summed E-state index contributed by atoms with van der Waals surface area (Å²) in [5.41, 5.74) is 1.86. The van der Waals surface area contributed by atoms with E-state index in [4.69, 9.17) is 23.2 Å². The van der Waals surface area contributed by atoms with Gasteiger partial charge in [0.1, 0.15) is 10.8 Å². The van der Waals surface area contributed by atoms with Gasteiger partial charge in [0.25, 0.3) is 0 Å². The first-order chi connectivity index (χ1) is 12.5. The van der Waals surface area contributed by atoms with Gasteiger partial charge >= 0.3 is 0 Å². The molecule has 0 aliphatic carbocycles. The van der Waals surface area contributed by atoms with E-state index in [1.165, 1.54) is 23.9 Å². The predicted molar refractivity (Wildman–Crippen MR) is 103 cm³/mol. The third-order valence-corrected chi connectivity index (χ3v) is 4.82. The Morgan fingerprint density at radius 1 is 1.04 bits per heavy atom. The second kappa shape index (κ2) is 8.49. The third kappa shape index (κ3) is 4.94. The summed E-state index contributed by atoms with van der Waals surface area (Å²) in [4.78, 5) is 12.1. The van der Waals surface area contributed by atoms with E-state index in [9.17, 15) is 9.18 Å². The highest BCUT2D eigenvalue weighted by Crippen LogP contribution is 2.26. The maximum Gasteiger partial charge on any atom is 0.234 e. The molecule has 1 heterocycles. The summed E-state index contributed by atoms with van der Waals surface area (Å²) in [6.07, 6.45) is 0. The third-order valence-electron chi connectivity index (χ3n) is 3.33. The fourth-order valence-electron chi connectivity index (χ4n) is 2.09. The van der Waals surface area contributed by atoms with Crippen molar-refractivity contribution in [1.29, 1.82) is 0 Å². The lowest BCUT2D eigenvalue weighted by Crippen LogP contribution is -2.14. The number of amides is 1. The molecule has 0 aliphatic rings. The molecule has 1 aromatic heterocycles. The van der Waals surface area contributed by atoms with Crippen LogP contribution in [0, 0.1) is 5.82 Å². The van der Waals surface area contributed by atoms with Crippen molar-refractivity contribution >= 4 is 46.6 Å². The lowest BCUT2D eigenvalue weighted by molar-refractivity contribution is -0.113. The molecule has 0 fully saturated rings. The Balaban J connectivity index is 1.58. The van der Waals surface area contributed by atoms with Gasteiger partial charge in [-0.15, -0.1) is 10.2 Å². The maximum absolute atomic E-state index is 13.0. The van der Waals surface area contributed by atoms with Crippen LogP contribution < -0.4 is 5.32 Å². The Hall–Kier alpha value is -2.15. The zero-order valence-corrected chi connectivity index (χ0v) is 15.6. The van der Waals surface area contributed by atoms with Crippen molar-refractivity contribution in [2.75, 3.05) is 11.1 Å². The SMILES string of the molecule is O=C(CSc1ccc(-c2ccc(F)cc2)nn1)Nc1cc(Cl)ccc1Cl. The van der Waals surface area contributed by atoms with Crippen molar-refractivity contribution in [3.63, 3.8) is 0 Å². The number of benzene rings is 2. The summed E-state index contributed by atoms with van der Waals surface area (Å²) >= 11 is 13.2. The van der Waals surface area contributed by atoms with Crippen LogP contribution in [0.1, 0.15) is 0 Å². The summed E-state index contributed by atoms with van der Waals surface area (Å²) < 4.78 is 13.0. The fourth-order valence-corrected chi connectivity index (χ4v) is 3.04. The molecule has 4 nitrogen and oxygen atoms in total. The van der Waals surface area contributed by atoms with Crippen LogP contribution in [0.25, 0.3) is 11.3 Å². The molecule has 3 aromatic rings. The number of hydrogen-bond donors (Lipinski definition) is 1. The summed E-state index contributed by atoms with van der Waals surface area (Å²) in [7, 11) is 0. The van der Waals surface area contributed by atoms with E-state index < -0.39 is 0 Å². The number of rotatable bonds is 5. The van der Waals surface area contributed by atoms with Crippen LogP contribution in [-0.4, -0.2) is 21.9 Å². The van der Waals surface area contributed by atoms with E-state index in [2.05, 4.69) is 15.5 Å². The van der Waals surface area contributed by atoms with Crippen molar-refractivity contribution in [2.24, 2.45) is 0 Å². The summed E-state index contributed by atoms with van der Waals surface area (Å²) in [5.74, 6) is -0.392. The Morgan fingerprint density at radius 3 is 2.50 bits per heavy atom. The minimum absolute atomic E-state index is 0.146. The van der Waals surface area contributed by atoms with Gasteiger partial charge in [0.05, 0.1) is 22.2 Å². The van der Waals surface area contributed by atoms with Crippen molar-refractivity contribution in [3.8, 4) is 11.3 Å². The van der Waals surface area contributed by atoms with E-state index in [0.717, 1.165) is 5.56 Å². The largest absolute Gasteiger partial charge is 0.324 e. The van der Waals surface area contributed by atoms with Crippen molar-refractivity contribution < 1.29 is 9.18 Å². The molecule has 0 saturated heterocycles. The molecular weight excluding hydrogens is 396 g/mol. The number of aromatic nitrogens is 2. The monoisotopic (exact) mass is 407 g/mol. The van der Waals surface area contributed by atoms with Gasteiger partial charge in [0, 0.05) is 10.6 Å². The van der Waals surface area contributed by atoms with Gasteiger partial charge in [-0.25, -0.2) is 4.39 Å². The molecule has 0 bridgehead atoms. The maximum atomic E-state index is 13.0. The molecule has 132 valence electrons. The number of carbonyl (C=O) groups is 1. The molecule has 1 amide bonds. The second-order valence-electron chi connectivity index (χ2n) is 5.22. The quantitative estimate of drug-likeness (QED) is 0.581.